The molecule has 2 aromatic heterocycles. The molecule has 0 radical (unpaired) electrons. The van der Waals surface area contributed by atoms with E-state index in [4.69, 9.17) is 13.1 Å². The Morgan fingerprint density at radius 1 is 0.632 bits per heavy atom. The first kappa shape index (κ1) is 37.9. The molecule has 0 unspecified atom stereocenters. The minimum absolute atomic E-state index is 0.00290. The van der Waals surface area contributed by atoms with Gasteiger partial charge in [0, 0.05) is 25.2 Å². The number of hydrogen-bond acceptors (Lipinski definition) is 4. The van der Waals surface area contributed by atoms with Gasteiger partial charge in [-0.2, -0.15) is 59.7 Å². The van der Waals surface area contributed by atoms with E-state index in [1.807, 2.05) is 0 Å². The molecule has 7 rings (SSSR count). The summed E-state index contributed by atoms with van der Waals surface area (Å²) in [5.74, 6) is -0.531. The van der Waals surface area contributed by atoms with Crippen LogP contribution in [0.1, 0.15) is 22.3 Å². The van der Waals surface area contributed by atoms with Crippen LogP contribution >= 0.6 is 0 Å². The lowest BCUT2D eigenvalue weighted by molar-refractivity contribution is -0.143. The second-order valence-corrected chi connectivity index (χ2v) is 13.0. The molecule has 0 aliphatic rings. The lowest BCUT2D eigenvalue weighted by atomic mass is 9.87. The maximum atomic E-state index is 14.8. The number of imidazole rings is 2. The zero-order valence-electron chi connectivity index (χ0n) is 29.3. The van der Waals surface area contributed by atoms with Crippen molar-refractivity contribution in [2.75, 3.05) is 0 Å². The van der Waals surface area contributed by atoms with Crippen LogP contribution in [0.4, 0.5) is 39.5 Å². The molecule has 5 aromatic carbocycles. The van der Waals surface area contributed by atoms with Gasteiger partial charge in [-0.3, -0.25) is 0 Å². The minimum Gasteiger partial charge on any atom is -0.329 e. The van der Waals surface area contributed by atoms with Gasteiger partial charge in [-0.15, -0.1) is 0 Å². The van der Waals surface area contributed by atoms with Crippen molar-refractivity contribution in [2.45, 2.75) is 25.5 Å². The molecule has 0 bridgehead atoms. The Labute approximate surface area is 314 Å². The van der Waals surface area contributed by atoms with Crippen LogP contribution in [0, 0.1) is 42.7 Å². The Hall–Kier alpha value is -7.37. The number of hydrogen-bond donors (Lipinski definition) is 0. The molecule has 0 atom stereocenters. The number of aromatic nitrogens is 4. The van der Waals surface area contributed by atoms with E-state index in [1.54, 1.807) is 12.1 Å². The first-order valence-corrected chi connectivity index (χ1v) is 16.3. The van der Waals surface area contributed by atoms with Gasteiger partial charge in [-0.25, -0.2) is 9.97 Å². The summed E-state index contributed by atoms with van der Waals surface area (Å²) in [7, 11) is 2.84. The molecule has 0 fully saturated rings. The number of halogens is 9. The predicted octanol–water partition coefficient (Wildman–Crippen LogP) is 9.57. The van der Waals surface area contributed by atoms with Gasteiger partial charge in [0.25, 0.3) is 0 Å². The van der Waals surface area contributed by atoms with Crippen molar-refractivity contribution in [3.8, 4) is 34.4 Å². The topological polar surface area (TPSA) is 91.9 Å². The van der Waals surface area contributed by atoms with Crippen LogP contribution in [0.2, 0.25) is 0 Å². The van der Waals surface area contributed by atoms with Crippen molar-refractivity contribution < 1.29 is 39.5 Å². The molecular formula is C40H19F9N8. The van der Waals surface area contributed by atoms with Gasteiger partial charge in [0.1, 0.15) is 25.3 Å². The quantitative estimate of drug-likeness (QED) is 0.0993. The van der Waals surface area contributed by atoms with Gasteiger partial charge in [-0.05, 0) is 93.7 Å². The number of rotatable bonds is 2. The van der Waals surface area contributed by atoms with E-state index < -0.39 is 46.6 Å². The maximum absolute atomic E-state index is 14.8. The first-order chi connectivity index (χ1) is 26.7. The summed E-state index contributed by atoms with van der Waals surface area (Å²) in [5, 5.41) is 20.2. The molecule has 0 saturated carbocycles. The molecule has 7 aromatic rings. The standard InChI is InChI=1S/C40H19F9N8/c1-18-10-22(38(41,42)43)6-8-24(18)31-26-11-20-14-30-34(57(5)37(55-30)35(52-2)53-3)32(25-9-7-23(39(44,45)46)15-28(25)40(47,48)49)27(20)12-19(26)13-29-33(31)56(4)36(54-29)21(16-50)17-51/h6-15H,1,4-5H3. The van der Waals surface area contributed by atoms with Crippen LogP contribution in [-0.4, -0.2) is 19.1 Å². The SMILES string of the molecule is [C-]#[N+]C([N+]#[C-])=c1nc2cc3cc4c(-c5ccc(C(F)(F)F)cc5C)c5c(cc4cc3c(-c3ccc(C(F)(F)F)cc3C(F)(F)F)c2n1C)nc(=C(C#N)C#N)n5C. The van der Waals surface area contributed by atoms with Gasteiger partial charge in [0.05, 0.1) is 38.8 Å². The molecule has 8 nitrogen and oxygen atoms in total. The fourth-order valence-electron chi connectivity index (χ4n) is 7.20. The van der Waals surface area contributed by atoms with Crippen molar-refractivity contribution in [3.05, 3.63) is 117 Å². The summed E-state index contributed by atoms with van der Waals surface area (Å²) in [4.78, 5) is 15.3. The highest BCUT2D eigenvalue weighted by molar-refractivity contribution is 6.19. The normalized spacial score (nSPS) is 12.1. The second-order valence-electron chi connectivity index (χ2n) is 13.0. The van der Waals surface area contributed by atoms with Crippen LogP contribution in [0.15, 0.2) is 60.7 Å². The highest BCUT2D eigenvalue weighted by Crippen LogP contribution is 2.47. The summed E-state index contributed by atoms with van der Waals surface area (Å²) < 4.78 is 130. The second kappa shape index (κ2) is 12.9. The summed E-state index contributed by atoms with van der Waals surface area (Å²) in [6.07, 6.45) is -15.1. The largest absolute Gasteiger partial charge is 0.562 e. The molecule has 0 aliphatic heterocycles. The highest BCUT2D eigenvalue weighted by Gasteiger charge is 2.39. The van der Waals surface area contributed by atoms with Crippen molar-refractivity contribution >= 4 is 55.0 Å². The van der Waals surface area contributed by atoms with E-state index >= 15 is 0 Å². The Morgan fingerprint density at radius 3 is 1.54 bits per heavy atom. The lowest BCUT2D eigenvalue weighted by Crippen LogP contribution is -2.18. The van der Waals surface area contributed by atoms with Crippen molar-refractivity contribution in [2.24, 2.45) is 14.1 Å². The first-order valence-electron chi connectivity index (χ1n) is 16.3. The molecule has 0 N–H and O–H groups in total. The van der Waals surface area contributed by atoms with E-state index in [0.717, 1.165) is 12.1 Å². The monoisotopic (exact) mass is 782 g/mol. The average molecular weight is 783 g/mol. The Morgan fingerprint density at radius 2 is 1.09 bits per heavy atom. The number of aryl methyl sites for hydroxylation is 3. The molecule has 57 heavy (non-hydrogen) atoms. The van der Waals surface area contributed by atoms with Gasteiger partial charge in [0.15, 0.2) is 11.1 Å². The maximum Gasteiger partial charge on any atom is 0.562 e. The van der Waals surface area contributed by atoms with Crippen LogP contribution < -0.4 is 11.0 Å². The van der Waals surface area contributed by atoms with Crippen LogP contribution in [0.5, 0.6) is 0 Å². The zero-order valence-corrected chi connectivity index (χ0v) is 29.3. The van der Waals surface area contributed by atoms with E-state index in [2.05, 4.69) is 19.7 Å². The Bertz CT molecular complexity index is 3190. The molecular weight excluding hydrogens is 763 g/mol. The van der Waals surface area contributed by atoms with Gasteiger partial charge in [-0.1, -0.05) is 12.1 Å². The third-order valence-electron chi connectivity index (χ3n) is 9.67. The molecule has 17 heteroatoms. The van der Waals surface area contributed by atoms with Crippen LogP contribution in [0.3, 0.4) is 0 Å². The Balaban J connectivity index is 1.75. The Kier molecular flexibility index (Phi) is 8.56. The van der Waals surface area contributed by atoms with Crippen molar-refractivity contribution in [3.63, 3.8) is 0 Å². The third kappa shape index (κ3) is 6.01. The fraction of sp³-hybridized carbons (Fsp3) is 0.150. The van der Waals surface area contributed by atoms with Crippen LogP contribution in [0.25, 0.3) is 86.9 Å². The molecule has 0 aliphatic carbocycles. The molecule has 2 heterocycles. The van der Waals surface area contributed by atoms with E-state index in [0.29, 0.717) is 23.0 Å². The number of fused-ring (bicyclic) bond motifs is 4. The predicted molar refractivity (Wildman–Crippen MR) is 191 cm³/mol. The van der Waals surface area contributed by atoms with Crippen molar-refractivity contribution in [1.29, 1.82) is 10.5 Å². The van der Waals surface area contributed by atoms with Gasteiger partial charge >= 0.3 is 24.3 Å². The number of alkyl halides is 9. The smallest absolute Gasteiger partial charge is 0.329 e. The van der Waals surface area contributed by atoms with E-state index in [1.165, 1.54) is 60.5 Å². The molecule has 0 saturated heterocycles. The van der Waals surface area contributed by atoms with Crippen LogP contribution in [-0.2, 0) is 32.6 Å². The average Bonchev–Trinajstić information content (AvgIpc) is 3.63. The third-order valence-corrected chi connectivity index (χ3v) is 9.67. The number of benzene rings is 5. The molecule has 0 spiro atoms. The van der Waals surface area contributed by atoms with Crippen molar-refractivity contribution in [1.82, 2.24) is 19.1 Å². The van der Waals surface area contributed by atoms with E-state index in [9.17, 15) is 50.0 Å². The number of nitriles is 2. The number of nitrogens with zero attached hydrogens (tertiary/aromatic N) is 8. The lowest BCUT2D eigenvalue weighted by Gasteiger charge is -2.20. The zero-order chi connectivity index (χ0) is 41.5. The highest BCUT2D eigenvalue weighted by atomic mass is 19.4. The summed E-state index contributed by atoms with van der Waals surface area (Å²) in [6.45, 7) is 16.4. The summed E-state index contributed by atoms with van der Waals surface area (Å²) >= 11 is 0. The summed E-state index contributed by atoms with van der Waals surface area (Å²) in [5.41, 5.74) is -4.60. The van der Waals surface area contributed by atoms with E-state index in [-0.39, 0.29) is 77.6 Å². The fourth-order valence-corrected chi connectivity index (χ4v) is 7.20. The van der Waals surface area contributed by atoms with Gasteiger partial charge < -0.3 is 9.13 Å². The minimum atomic E-state index is -5.31. The van der Waals surface area contributed by atoms with Gasteiger partial charge in [0.2, 0.25) is 5.48 Å². The summed E-state index contributed by atoms with van der Waals surface area (Å²) in [6, 6.07) is 13.7. The molecule has 0 amide bonds. The molecule has 282 valence electrons.